The maximum Gasteiger partial charge on any atom is 0.0411 e. The first kappa shape index (κ1) is 13.4. The van der Waals surface area contributed by atoms with Crippen LogP contribution in [0.2, 0.25) is 0 Å². The van der Waals surface area contributed by atoms with Gasteiger partial charge in [-0.15, -0.1) is 0 Å². The van der Waals surface area contributed by atoms with Crippen molar-refractivity contribution in [2.45, 2.75) is 45.6 Å². The van der Waals surface area contributed by atoms with Gasteiger partial charge in [0.2, 0.25) is 0 Å². The summed E-state index contributed by atoms with van der Waals surface area (Å²) in [5, 5.41) is 0. The SMILES string of the molecule is CCCC1CCCN(c2ccccc2CN)CC1. The van der Waals surface area contributed by atoms with Gasteiger partial charge >= 0.3 is 0 Å². The van der Waals surface area contributed by atoms with Crippen molar-refractivity contribution in [2.24, 2.45) is 11.7 Å². The topological polar surface area (TPSA) is 29.3 Å². The molecule has 1 aliphatic rings. The fraction of sp³-hybridized carbons (Fsp3) is 0.625. The number of anilines is 1. The van der Waals surface area contributed by atoms with E-state index >= 15 is 0 Å². The predicted octanol–water partition coefficient (Wildman–Crippen LogP) is 3.55. The first-order chi connectivity index (χ1) is 8.85. The van der Waals surface area contributed by atoms with Crippen LogP contribution < -0.4 is 10.6 Å². The van der Waals surface area contributed by atoms with E-state index in [9.17, 15) is 0 Å². The van der Waals surface area contributed by atoms with E-state index in [0.29, 0.717) is 6.54 Å². The van der Waals surface area contributed by atoms with Crippen molar-refractivity contribution in [1.82, 2.24) is 0 Å². The molecule has 1 aromatic carbocycles. The zero-order valence-corrected chi connectivity index (χ0v) is 11.6. The van der Waals surface area contributed by atoms with Crippen molar-refractivity contribution in [1.29, 1.82) is 0 Å². The molecule has 2 nitrogen and oxygen atoms in total. The maximum atomic E-state index is 5.84. The van der Waals surface area contributed by atoms with Gasteiger partial charge in [0, 0.05) is 25.3 Å². The minimum Gasteiger partial charge on any atom is -0.371 e. The summed E-state index contributed by atoms with van der Waals surface area (Å²) in [6.07, 6.45) is 6.78. The van der Waals surface area contributed by atoms with Crippen LogP contribution in [0.15, 0.2) is 24.3 Å². The molecule has 0 aromatic heterocycles. The van der Waals surface area contributed by atoms with E-state index in [0.717, 1.165) is 5.92 Å². The lowest BCUT2D eigenvalue weighted by molar-refractivity contribution is 0.435. The lowest BCUT2D eigenvalue weighted by atomic mass is 9.96. The van der Waals surface area contributed by atoms with E-state index in [-0.39, 0.29) is 0 Å². The second-order valence-electron chi connectivity index (χ2n) is 5.41. The van der Waals surface area contributed by atoms with Gasteiger partial charge in [-0.25, -0.2) is 0 Å². The van der Waals surface area contributed by atoms with Gasteiger partial charge in [-0.05, 0) is 36.8 Å². The van der Waals surface area contributed by atoms with Crippen LogP contribution in [0.3, 0.4) is 0 Å². The molecule has 0 saturated carbocycles. The van der Waals surface area contributed by atoms with E-state index in [4.69, 9.17) is 5.73 Å². The Morgan fingerprint density at radius 2 is 2.06 bits per heavy atom. The molecule has 0 radical (unpaired) electrons. The molecule has 1 fully saturated rings. The molecule has 2 heteroatoms. The second-order valence-corrected chi connectivity index (χ2v) is 5.41. The zero-order chi connectivity index (χ0) is 12.8. The first-order valence-electron chi connectivity index (χ1n) is 7.38. The highest BCUT2D eigenvalue weighted by Gasteiger charge is 2.17. The monoisotopic (exact) mass is 246 g/mol. The predicted molar refractivity (Wildman–Crippen MR) is 78.8 cm³/mol. The molecule has 0 bridgehead atoms. The van der Waals surface area contributed by atoms with Crippen molar-refractivity contribution in [3.8, 4) is 0 Å². The zero-order valence-electron chi connectivity index (χ0n) is 11.6. The third-order valence-corrected chi connectivity index (χ3v) is 4.10. The average molecular weight is 246 g/mol. The van der Waals surface area contributed by atoms with Crippen LogP contribution in [0.4, 0.5) is 5.69 Å². The van der Waals surface area contributed by atoms with E-state index in [1.54, 1.807) is 0 Å². The number of hydrogen-bond donors (Lipinski definition) is 1. The Kier molecular flexibility index (Phi) is 5.06. The van der Waals surface area contributed by atoms with Crippen molar-refractivity contribution in [2.75, 3.05) is 18.0 Å². The highest BCUT2D eigenvalue weighted by atomic mass is 15.1. The van der Waals surface area contributed by atoms with E-state index in [1.165, 1.54) is 56.4 Å². The van der Waals surface area contributed by atoms with Crippen molar-refractivity contribution in [3.05, 3.63) is 29.8 Å². The molecule has 1 heterocycles. The number of nitrogens with zero attached hydrogens (tertiary/aromatic N) is 1. The van der Waals surface area contributed by atoms with Gasteiger partial charge < -0.3 is 10.6 Å². The van der Waals surface area contributed by atoms with Crippen LogP contribution in [0.1, 0.15) is 44.6 Å². The molecule has 0 aliphatic carbocycles. The summed E-state index contributed by atoms with van der Waals surface area (Å²) in [4.78, 5) is 2.54. The number of rotatable bonds is 4. The highest BCUT2D eigenvalue weighted by molar-refractivity contribution is 5.53. The molecule has 2 rings (SSSR count). The fourth-order valence-corrected chi connectivity index (χ4v) is 3.10. The molecule has 0 amide bonds. The molecule has 18 heavy (non-hydrogen) atoms. The van der Waals surface area contributed by atoms with Gasteiger partial charge in [-0.1, -0.05) is 38.0 Å². The molecule has 100 valence electrons. The third kappa shape index (κ3) is 3.26. The van der Waals surface area contributed by atoms with Crippen molar-refractivity contribution < 1.29 is 0 Å². The van der Waals surface area contributed by atoms with Gasteiger partial charge in [-0.2, -0.15) is 0 Å². The van der Waals surface area contributed by atoms with Crippen LogP contribution in [0.25, 0.3) is 0 Å². The molecule has 1 atom stereocenters. The minimum absolute atomic E-state index is 0.644. The van der Waals surface area contributed by atoms with Crippen LogP contribution in [-0.4, -0.2) is 13.1 Å². The highest BCUT2D eigenvalue weighted by Crippen LogP contribution is 2.27. The summed E-state index contributed by atoms with van der Waals surface area (Å²) in [7, 11) is 0. The number of para-hydroxylation sites is 1. The summed E-state index contributed by atoms with van der Waals surface area (Å²) in [6.45, 7) is 5.33. The summed E-state index contributed by atoms with van der Waals surface area (Å²) in [5.74, 6) is 0.935. The Morgan fingerprint density at radius 1 is 1.22 bits per heavy atom. The summed E-state index contributed by atoms with van der Waals surface area (Å²) in [6, 6.07) is 8.60. The van der Waals surface area contributed by atoms with Gasteiger partial charge in [-0.3, -0.25) is 0 Å². The molecular weight excluding hydrogens is 220 g/mol. The number of nitrogens with two attached hydrogens (primary N) is 1. The Balaban J connectivity index is 2.05. The summed E-state index contributed by atoms with van der Waals surface area (Å²) in [5.41, 5.74) is 8.49. The lowest BCUT2D eigenvalue weighted by Gasteiger charge is -2.25. The van der Waals surface area contributed by atoms with Crippen molar-refractivity contribution in [3.63, 3.8) is 0 Å². The fourth-order valence-electron chi connectivity index (χ4n) is 3.10. The maximum absolute atomic E-state index is 5.84. The van der Waals surface area contributed by atoms with Gasteiger partial charge in [0.05, 0.1) is 0 Å². The molecular formula is C16H26N2. The molecule has 2 N–H and O–H groups in total. The van der Waals surface area contributed by atoms with Crippen LogP contribution >= 0.6 is 0 Å². The van der Waals surface area contributed by atoms with E-state index in [2.05, 4.69) is 36.1 Å². The van der Waals surface area contributed by atoms with Crippen LogP contribution in [0, 0.1) is 5.92 Å². The standard InChI is InChI=1S/C16H26N2/c1-2-6-14-7-5-11-18(12-10-14)16-9-4-3-8-15(16)13-17/h3-4,8-9,14H,2,5-7,10-13,17H2,1H3. The second kappa shape index (κ2) is 6.79. The van der Waals surface area contributed by atoms with Crippen LogP contribution in [-0.2, 0) is 6.54 Å². The van der Waals surface area contributed by atoms with Gasteiger partial charge in [0.25, 0.3) is 0 Å². The Morgan fingerprint density at radius 3 is 2.83 bits per heavy atom. The Bertz CT molecular complexity index is 362. The molecule has 1 aliphatic heterocycles. The normalized spacial score (nSPS) is 20.8. The van der Waals surface area contributed by atoms with Gasteiger partial charge in [0.1, 0.15) is 0 Å². The number of benzene rings is 1. The molecule has 0 spiro atoms. The Labute approximate surface area is 111 Å². The minimum atomic E-state index is 0.644. The smallest absolute Gasteiger partial charge is 0.0411 e. The summed E-state index contributed by atoms with van der Waals surface area (Å²) >= 11 is 0. The Hall–Kier alpha value is -1.02. The quantitative estimate of drug-likeness (QED) is 0.880. The number of hydrogen-bond acceptors (Lipinski definition) is 2. The van der Waals surface area contributed by atoms with Gasteiger partial charge in [0.15, 0.2) is 0 Å². The molecule has 1 unspecified atom stereocenters. The van der Waals surface area contributed by atoms with Crippen LogP contribution in [0.5, 0.6) is 0 Å². The first-order valence-corrected chi connectivity index (χ1v) is 7.38. The molecule has 1 saturated heterocycles. The summed E-state index contributed by atoms with van der Waals surface area (Å²) < 4.78 is 0. The average Bonchev–Trinajstić information content (AvgIpc) is 2.65. The van der Waals surface area contributed by atoms with E-state index in [1.807, 2.05) is 0 Å². The lowest BCUT2D eigenvalue weighted by Crippen LogP contribution is -2.25. The third-order valence-electron chi connectivity index (χ3n) is 4.10. The molecule has 1 aromatic rings. The van der Waals surface area contributed by atoms with E-state index < -0.39 is 0 Å². The largest absolute Gasteiger partial charge is 0.371 e. The van der Waals surface area contributed by atoms with Crippen molar-refractivity contribution >= 4 is 5.69 Å².